The number of nitrogens with zero attached hydrogens (tertiary/aromatic N) is 1. The first-order valence-corrected chi connectivity index (χ1v) is 8.75. The van der Waals surface area contributed by atoms with Gasteiger partial charge in [-0.1, -0.05) is 42.5 Å². The van der Waals surface area contributed by atoms with E-state index in [4.69, 9.17) is 4.74 Å². The predicted octanol–water partition coefficient (Wildman–Crippen LogP) is 4.93. The number of ether oxygens (including phenoxy) is 1. The summed E-state index contributed by atoms with van der Waals surface area (Å²) in [5, 5.41) is 0. The maximum atomic E-state index is 5.35. The Morgan fingerprint density at radius 1 is 1.00 bits per heavy atom. The van der Waals surface area contributed by atoms with Crippen LogP contribution in [0.15, 0.2) is 54.6 Å². The molecule has 2 aromatic carbocycles. The molecule has 1 saturated heterocycles. The molecule has 1 aliphatic heterocycles. The van der Waals surface area contributed by atoms with E-state index >= 15 is 0 Å². The van der Waals surface area contributed by atoms with Crippen LogP contribution in [0.5, 0.6) is 5.75 Å². The van der Waals surface area contributed by atoms with E-state index in [1.54, 1.807) is 7.11 Å². The highest BCUT2D eigenvalue weighted by atomic mass is 35.5. The van der Waals surface area contributed by atoms with Crippen molar-refractivity contribution in [3.63, 3.8) is 0 Å². The first-order valence-electron chi connectivity index (χ1n) is 8.75. The van der Waals surface area contributed by atoms with E-state index in [1.165, 1.54) is 56.4 Å². The van der Waals surface area contributed by atoms with Crippen LogP contribution in [0, 0.1) is 0 Å². The molecule has 0 amide bonds. The highest BCUT2D eigenvalue weighted by Crippen LogP contribution is 2.30. The summed E-state index contributed by atoms with van der Waals surface area (Å²) in [6, 6.07) is 19.4. The zero-order valence-corrected chi connectivity index (χ0v) is 15.3. The van der Waals surface area contributed by atoms with Crippen molar-refractivity contribution in [2.24, 2.45) is 0 Å². The Kier molecular flexibility index (Phi) is 7.61. The largest absolute Gasteiger partial charge is 0.497 e. The van der Waals surface area contributed by atoms with Crippen molar-refractivity contribution in [1.82, 2.24) is 4.90 Å². The van der Waals surface area contributed by atoms with Gasteiger partial charge < -0.3 is 9.64 Å². The third-order valence-corrected chi connectivity index (χ3v) is 4.94. The molecule has 2 aromatic rings. The summed E-state index contributed by atoms with van der Waals surface area (Å²) in [6.07, 6.45) is 4.97. The Morgan fingerprint density at radius 2 is 1.75 bits per heavy atom. The van der Waals surface area contributed by atoms with Crippen LogP contribution in [-0.2, 0) is 6.42 Å². The van der Waals surface area contributed by atoms with Gasteiger partial charge in [-0.15, -0.1) is 12.4 Å². The number of likely N-dealkylation sites (tertiary alicyclic amines) is 1. The minimum atomic E-state index is 0. The van der Waals surface area contributed by atoms with E-state index < -0.39 is 0 Å². The van der Waals surface area contributed by atoms with Crippen LogP contribution in [-0.4, -0.2) is 31.6 Å². The second-order valence-electron chi connectivity index (χ2n) is 6.48. The Hall–Kier alpha value is -1.51. The van der Waals surface area contributed by atoms with Gasteiger partial charge in [0.25, 0.3) is 0 Å². The molecule has 0 unspecified atom stereocenters. The molecule has 0 N–H and O–H groups in total. The van der Waals surface area contributed by atoms with Crippen LogP contribution in [0.1, 0.15) is 36.3 Å². The summed E-state index contributed by atoms with van der Waals surface area (Å²) in [6.45, 7) is 3.66. The minimum Gasteiger partial charge on any atom is -0.497 e. The van der Waals surface area contributed by atoms with Gasteiger partial charge in [0.2, 0.25) is 0 Å². The van der Waals surface area contributed by atoms with Crippen molar-refractivity contribution < 1.29 is 4.74 Å². The fourth-order valence-corrected chi connectivity index (χ4v) is 3.54. The lowest BCUT2D eigenvalue weighted by molar-refractivity contribution is 0.210. The highest BCUT2D eigenvalue weighted by Gasteiger charge is 2.20. The fraction of sp³-hybridized carbons (Fsp3) is 0.429. The molecule has 24 heavy (non-hydrogen) atoms. The van der Waals surface area contributed by atoms with Crippen LogP contribution in [0.2, 0.25) is 0 Å². The van der Waals surface area contributed by atoms with Crippen LogP contribution >= 0.6 is 12.4 Å². The van der Waals surface area contributed by atoms with Crippen LogP contribution < -0.4 is 4.74 Å². The van der Waals surface area contributed by atoms with Gasteiger partial charge in [-0.25, -0.2) is 0 Å². The van der Waals surface area contributed by atoms with Crippen molar-refractivity contribution in [3.8, 4) is 5.75 Å². The molecule has 3 rings (SSSR count). The number of hydrogen-bond acceptors (Lipinski definition) is 2. The molecule has 1 heterocycles. The zero-order chi connectivity index (χ0) is 15.9. The molecule has 130 valence electrons. The first kappa shape index (κ1) is 18.8. The highest BCUT2D eigenvalue weighted by molar-refractivity contribution is 5.85. The molecule has 0 spiro atoms. The molecule has 0 aromatic heterocycles. The minimum absolute atomic E-state index is 0. The lowest BCUT2D eigenvalue weighted by atomic mass is 9.89. The summed E-state index contributed by atoms with van der Waals surface area (Å²) >= 11 is 0. The summed E-state index contributed by atoms with van der Waals surface area (Å²) in [5.74, 6) is 1.67. The van der Waals surface area contributed by atoms with Crippen molar-refractivity contribution in [2.75, 3.05) is 26.7 Å². The van der Waals surface area contributed by atoms with E-state index in [-0.39, 0.29) is 12.4 Å². The average molecular weight is 346 g/mol. The third kappa shape index (κ3) is 5.25. The van der Waals surface area contributed by atoms with Gasteiger partial charge in [0.05, 0.1) is 7.11 Å². The van der Waals surface area contributed by atoms with Gasteiger partial charge in [0.1, 0.15) is 5.75 Å². The van der Waals surface area contributed by atoms with Crippen molar-refractivity contribution in [2.45, 2.75) is 31.6 Å². The summed E-state index contributed by atoms with van der Waals surface area (Å²) in [4.78, 5) is 2.62. The lowest BCUT2D eigenvalue weighted by Crippen LogP contribution is -2.33. The smallest absolute Gasteiger partial charge is 0.119 e. The normalized spacial score (nSPS) is 15.7. The Morgan fingerprint density at radius 3 is 2.46 bits per heavy atom. The molecule has 0 aliphatic carbocycles. The maximum absolute atomic E-state index is 5.35. The standard InChI is InChI=1S/C21H27NO.ClH/c1-23-21-11-5-10-20(17-21)19-12-15-22(16-13-19)14-6-9-18-7-3-2-4-8-18;/h2-5,7-8,10-11,17,19H,6,9,12-16H2,1H3;1H. The SMILES string of the molecule is COc1cccc(C2CCN(CCCc3ccccc3)CC2)c1.Cl. The van der Waals surface area contributed by atoms with E-state index in [1.807, 2.05) is 6.07 Å². The topological polar surface area (TPSA) is 12.5 Å². The van der Waals surface area contributed by atoms with Gasteiger partial charge in [-0.05, 0) is 74.5 Å². The number of aryl methyl sites for hydroxylation is 1. The Bertz CT molecular complexity index is 594. The number of methoxy groups -OCH3 is 1. The average Bonchev–Trinajstić information content (AvgIpc) is 2.63. The van der Waals surface area contributed by atoms with Crippen molar-refractivity contribution in [3.05, 3.63) is 65.7 Å². The van der Waals surface area contributed by atoms with Gasteiger partial charge in [-0.2, -0.15) is 0 Å². The Labute approximate surface area is 152 Å². The van der Waals surface area contributed by atoms with Crippen molar-refractivity contribution >= 4 is 12.4 Å². The molecule has 0 bridgehead atoms. The molecule has 3 heteroatoms. The molecule has 0 atom stereocenters. The van der Waals surface area contributed by atoms with E-state index in [9.17, 15) is 0 Å². The number of benzene rings is 2. The summed E-state index contributed by atoms with van der Waals surface area (Å²) in [7, 11) is 1.74. The van der Waals surface area contributed by atoms with Gasteiger partial charge in [-0.3, -0.25) is 0 Å². The number of rotatable bonds is 6. The van der Waals surface area contributed by atoms with E-state index in [0.717, 1.165) is 5.75 Å². The fourth-order valence-electron chi connectivity index (χ4n) is 3.54. The van der Waals surface area contributed by atoms with Crippen LogP contribution in [0.3, 0.4) is 0 Å². The Balaban J connectivity index is 0.00000208. The lowest BCUT2D eigenvalue weighted by Gasteiger charge is -2.32. The zero-order valence-electron chi connectivity index (χ0n) is 14.5. The molecule has 1 aliphatic rings. The van der Waals surface area contributed by atoms with Gasteiger partial charge in [0, 0.05) is 0 Å². The van der Waals surface area contributed by atoms with E-state index in [0.29, 0.717) is 5.92 Å². The van der Waals surface area contributed by atoms with Crippen molar-refractivity contribution in [1.29, 1.82) is 0 Å². The molecule has 0 saturated carbocycles. The van der Waals surface area contributed by atoms with Crippen LogP contribution in [0.25, 0.3) is 0 Å². The van der Waals surface area contributed by atoms with Gasteiger partial charge in [0.15, 0.2) is 0 Å². The monoisotopic (exact) mass is 345 g/mol. The predicted molar refractivity (Wildman–Crippen MR) is 103 cm³/mol. The second-order valence-corrected chi connectivity index (χ2v) is 6.48. The first-order chi connectivity index (χ1) is 11.3. The number of halogens is 1. The number of hydrogen-bond donors (Lipinski definition) is 0. The second kappa shape index (κ2) is 9.71. The summed E-state index contributed by atoms with van der Waals surface area (Å²) < 4.78 is 5.35. The van der Waals surface area contributed by atoms with Crippen LogP contribution in [0.4, 0.5) is 0 Å². The molecular weight excluding hydrogens is 318 g/mol. The third-order valence-electron chi connectivity index (χ3n) is 4.94. The van der Waals surface area contributed by atoms with Gasteiger partial charge >= 0.3 is 0 Å². The number of piperidine rings is 1. The molecular formula is C21H28ClNO. The molecule has 2 nitrogen and oxygen atoms in total. The van der Waals surface area contributed by atoms with E-state index in [2.05, 4.69) is 53.4 Å². The quantitative estimate of drug-likeness (QED) is 0.736. The molecule has 0 radical (unpaired) electrons. The summed E-state index contributed by atoms with van der Waals surface area (Å²) in [5.41, 5.74) is 2.90. The molecule has 1 fully saturated rings. The maximum Gasteiger partial charge on any atom is 0.119 e.